The summed E-state index contributed by atoms with van der Waals surface area (Å²) in [4.78, 5) is 37.2. The Balaban J connectivity index is 1.69. The molecule has 3 rings (SSSR count). The normalized spacial score (nSPS) is 15.4. The molecule has 0 aliphatic carbocycles. The van der Waals surface area contributed by atoms with Crippen LogP contribution in [0.25, 0.3) is 6.08 Å². The van der Waals surface area contributed by atoms with E-state index in [-0.39, 0.29) is 12.2 Å². The number of anilines is 1. The van der Waals surface area contributed by atoms with Crippen LogP contribution in [0.4, 0.5) is 10.5 Å². The van der Waals surface area contributed by atoms with Crippen LogP contribution in [0.15, 0.2) is 60.3 Å². The van der Waals surface area contributed by atoms with Crippen molar-refractivity contribution in [2.24, 2.45) is 0 Å². The molecule has 126 valence electrons. The number of carbonyl (C=O) groups excluding carboxylic acids is 3. The number of nitrogens with one attached hydrogen (secondary N) is 2. The number of urea groups is 1. The average molecular weight is 356 g/mol. The van der Waals surface area contributed by atoms with E-state index in [1.165, 1.54) is 6.08 Å². The molecular formula is C18H14ClN3O3. The maximum absolute atomic E-state index is 12.3. The fourth-order valence-electron chi connectivity index (χ4n) is 2.31. The van der Waals surface area contributed by atoms with Gasteiger partial charge in [0.1, 0.15) is 12.2 Å². The number of amides is 4. The predicted octanol–water partition coefficient (Wildman–Crippen LogP) is 2.87. The van der Waals surface area contributed by atoms with Gasteiger partial charge in [-0.05, 0) is 35.9 Å². The average Bonchev–Trinajstić information content (AvgIpc) is 2.85. The third-order valence-corrected chi connectivity index (χ3v) is 3.75. The molecule has 4 amide bonds. The van der Waals surface area contributed by atoms with Crippen molar-refractivity contribution in [3.05, 3.63) is 70.9 Å². The van der Waals surface area contributed by atoms with Crippen molar-refractivity contribution in [3.8, 4) is 0 Å². The van der Waals surface area contributed by atoms with Crippen LogP contribution < -0.4 is 10.6 Å². The van der Waals surface area contributed by atoms with Crippen LogP contribution in [0.2, 0.25) is 5.02 Å². The van der Waals surface area contributed by atoms with Crippen molar-refractivity contribution in [1.82, 2.24) is 10.2 Å². The first-order valence-corrected chi connectivity index (χ1v) is 7.86. The zero-order valence-corrected chi connectivity index (χ0v) is 13.8. The predicted molar refractivity (Wildman–Crippen MR) is 94.7 cm³/mol. The van der Waals surface area contributed by atoms with E-state index in [0.717, 1.165) is 4.90 Å². The zero-order valence-electron chi connectivity index (χ0n) is 13.0. The zero-order chi connectivity index (χ0) is 17.8. The van der Waals surface area contributed by atoms with Gasteiger partial charge in [0.15, 0.2) is 0 Å². The van der Waals surface area contributed by atoms with Crippen molar-refractivity contribution >= 4 is 41.2 Å². The van der Waals surface area contributed by atoms with E-state index in [2.05, 4.69) is 10.6 Å². The number of rotatable bonds is 4. The van der Waals surface area contributed by atoms with Crippen LogP contribution >= 0.6 is 11.6 Å². The number of imide groups is 1. The Morgan fingerprint density at radius 2 is 1.76 bits per heavy atom. The Bertz CT molecular complexity index is 848. The molecule has 0 radical (unpaired) electrons. The Hall–Kier alpha value is -3.12. The summed E-state index contributed by atoms with van der Waals surface area (Å²) in [6.07, 6.45) is 1.53. The van der Waals surface area contributed by atoms with E-state index >= 15 is 0 Å². The van der Waals surface area contributed by atoms with E-state index in [1.807, 2.05) is 6.07 Å². The van der Waals surface area contributed by atoms with Gasteiger partial charge in [-0.2, -0.15) is 0 Å². The number of halogens is 1. The van der Waals surface area contributed by atoms with Crippen molar-refractivity contribution < 1.29 is 14.4 Å². The van der Waals surface area contributed by atoms with E-state index in [0.29, 0.717) is 16.3 Å². The molecule has 0 saturated carbocycles. The maximum Gasteiger partial charge on any atom is 0.329 e. The molecule has 25 heavy (non-hydrogen) atoms. The molecule has 1 aliphatic rings. The molecule has 2 aromatic rings. The van der Waals surface area contributed by atoms with E-state index in [1.54, 1.807) is 48.5 Å². The van der Waals surface area contributed by atoms with Gasteiger partial charge in [0.2, 0.25) is 5.91 Å². The molecular weight excluding hydrogens is 342 g/mol. The third kappa shape index (κ3) is 4.05. The van der Waals surface area contributed by atoms with Gasteiger partial charge >= 0.3 is 6.03 Å². The maximum atomic E-state index is 12.3. The molecule has 0 unspecified atom stereocenters. The van der Waals surface area contributed by atoms with Crippen molar-refractivity contribution in [3.63, 3.8) is 0 Å². The quantitative estimate of drug-likeness (QED) is 0.654. The molecule has 1 fully saturated rings. The van der Waals surface area contributed by atoms with Gasteiger partial charge < -0.3 is 10.6 Å². The number of benzene rings is 2. The van der Waals surface area contributed by atoms with Gasteiger partial charge in [-0.1, -0.05) is 41.9 Å². The second-order valence-electron chi connectivity index (χ2n) is 5.35. The van der Waals surface area contributed by atoms with Crippen LogP contribution in [0.3, 0.4) is 0 Å². The lowest BCUT2D eigenvalue weighted by Crippen LogP contribution is -2.38. The summed E-state index contributed by atoms with van der Waals surface area (Å²) < 4.78 is 0. The monoisotopic (exact) mass is 355 g/mol. The van der Waals surface area contributed by atoms with Crippen LogP contribution in [-0.4, -0.2) is 29.3 Å². The minimum absolute atomic E-state index is 0.111. The van der Waals surface area contributed by atoms with Crippen LogP contribution in [0, 0.1) is 0 Å². The number of carbonyl (C=O) groups is 3. The Morgan fingerprint density at radius 3 is 2.44 bits per heavy atom. The van der Waals surface area contributed by atoms with Gasteiger partial charge in [0, 0.05) is 10.7 Å². The Morgan fingerprint density at radius 1 is 1.08 bits per heavy atom. The molecule has 0 bridgehead atoms. The number of nitrogens with zero attached hydrogens (tertiary/aromatic N) is 1. The highest BCUT2D eigenvalue weighted by molar-refractivity contribution is 6.30. The second kappa shape index (κ2) is 7.19. The number of para-hydroxylation sites is 1. The highest BCUT2D eigenvalue weighted by atomic mass is 35.5. The number of hydrogen-bond acceptors (Lipinski definition) is 3. The van der Waals surface area contributed by atoms with Crippen molar-refractivity contribution in [2.45, 2.75) is 0 Å². The fourth-order valence-corrected chi connectivity index (χ4v) is 2.43. The molecule has 2 aromatic carbocycles. The molecule has 0 atom stereocenters. The molecule has 6 nitrogen and oxygen atoms in total. The summed E-state index contributed by atoms with van der Waals surface area (Å²) in [7, 11) is 0. The van der Waals surface area contributed by atoms with Crippen LogP contribution in [0.5, 0.6) is 0 Å². The molecule has 2 N–H and O–H groups in total. The largest absolute Gasteiger partial charge is 0.329 e. The first kappa shape index (κ1) is 16.7. The Labute approximate surface area is 149 Å². The number of hydrogen-bond donors (Lipinski definition) is 2. The lowest BCUT2D eigenvalue weighted by molar-refractivity contribution is -0.127. The van der Waals surface area contributed by atoms with Crippen molar-refractivity contribution in [2.75, 3.05) is 11.9 Å². The first-order chi connectivity index (χ1) is 12.0. The summed E-state index contributed by atoms with van der Waals surface area (Å²) >= 11 is 5.82. The SMILES string of the molecule is O=C(CN1C(=O)N/C(=C\c2ccc(Cl)cc2)C1=O)Nc1ccccc1. The summed E-state index contributed by atoms with van der Waals surface area (Å²) in [6.45, 7) is -0.364. The summed E-state index contributed by atoms with van der Waals surface area (Å²) in [5.41, 5.74) is 1.42. The Kier molecular flexibility index (Phi) is 4.81. The lowest BCUT2D eigenvalue weighted by atomic mass is 10.2. The van der Waals surface area contributed by atoms with E-state index in [4.69, 9.17) is 11.6 Å². The van der Waals surface area contributed by atoms with Crippen molar-refractivity contribution in [1.29, 1.82) is 0 Å². The van der Waals surface area contributed by atoms with Crippen LogP contribution in [0.1, 0.15) is 5.56 Å². The van der Waals surface area contributed by atoms with E-state index < -0.39 is 17.8 Å². The summed E-state index contributed by atoms with van der Waals surface area (Å²) in [5.74, 6) is -1.01. The third-order valence-electron chi connectivity index (χ3n) is 3.50. The van der Waals surface area contributed by atoms with E-state index in [9.17, 15) is 14.4 Å². The summed E-state index contributed by atoms with van der Waals surface area (Å²) in [5, 5.41) is 5.68. The molecule has 1 saturated heterocycles. The minimum atomic E-state index is -0.631. The van der Waals surface area contributed by atoms with Gasteiger partial charge in [-0.25, -0.2) is 9.69 Å². The summed E-state index contributed by atoms with van der Waals surface area (Å²) in [6, 6.07) is 15.0. The molecule has 1 heterocycles. The highest BCUT2D eigenvalue weighted by Gasteiger charge is 2.34. The molecule has 7 heteroatoms. The lowest BCUT2D eigenvalue weighted by Gasteiger charge is -2.11. The molecule has 0 aromatic heterocycles. The van der Waals surface area contributed by atoms with Crippen LogP contribution in [-0.2, 0) is 9.59 Å². The fraction of sp³-hybridized carbons (Fsp3) is 0.0556. The highest BCUT2D eigenvalue weighted by Crippen LogP contribution is 2.16. The van der Waals surface area contributed by atoms with Gasteiger partial charge in [-0.3, -0.25) is 9.59 Å². The molecule has 0 spiro atoms. The first-order valence-electron chi connectivity index (χ1n) is 7.48. The molecule has 1 aliphatic heterocycles. The standard InChI is InChI=1S/C18H14ClN3O3/c19-13-8-6-12(7-9-13)10-15-17(24)22(18(25)21-15)11-16(23)20-14-4-2-1-3-5-14/h1-10H,11H2,(H,20,23)(H,21,25)/b15-10-. The van der Waals surface area contributed by atoms with Gasteiger partial charge in [-0.15, -0.1) is 0 Å². The van der Waals surface area contributed by atoms with Gasteiger partial charge in [0.25, 0.3) is 5.91 Å². The smallest absolute Gasteiger partial charge is 0.325 e. The minimum Gasteiger partial charge on any atom is -0.325 e. The topological polar surface area (TPSA) is 78.5 Å². The second-order valence-corrected chi connectivity index (χ2v) is 5.78. The van der Waals surface area contributed by atoms with Gasteiger partial charge in [0.05, 0.1) is 0 Å².